The van der Waals surface area contributed by atoms with Gasteiger partial charge in [0.25, 0.3) is 0 Å². The Morgan fingerprint density at radius 1 is 0.291 bits per heavy atom. The second-order valence-corrected chi connectivity index (χ2v) is 16.7. The lowest BCUT2D eigenvalue weighted by molar-refractivity contribution is -0.167. The first-order valence-corrected chi connectivity index (χ1v) is 24.5. The molecule has 55 heavy (non-hydrogen) atoms. The molecule has 0 saturated carbocycles. The molecule has 0 rings (SSSR count). The molecule has 6 nitrogen and oxygen atoms in total. The molecule has 6 heteroatoms. The third-order valence-electron chi connectivity index (χ3n) is 11.1. The van der Waals surface area contributed by atoms with Crippen molar-refractivity contribution in [1.29, 1.82) is 0 Å². The molecule has 0 N–H and O–H groups in total. The third-order valence-corrected chi connectivity index (χ3v) is 11.1. The number of rotatable bonds is 45. The summed E-state index contributed by atoms with van der Waals surface area (Å²) in [7, 11) is 0. The van der Waals surface area contributed by atoms with E-state index in [9.17, 15) is 14.4 Å². The number of carbonyl (C=O) groups excluding carboxylic acids is 3. The van der Waals surface area contributed by atoms with Crippen LogP contribution in [0, 0.1) is 0 Å². The summed E-state index contributed by atoms with van der Waals surface area (Å²) >= 11 is 0. The molecule has 0 unspecified atom stereocenters. The van der Waals surface area contributed by atoms with Gasteiger partial charge in [-0.15, -0.1) is 0 Å². The van der Waals surface area contributed by atoms with Crippen LogP contribution in [0.5, 0.6) is 0 Å². The van der Waals surface area contributed by atoms with Gasteiger partial charge in [0.05, 0.1) is 0 Å². The second kappa shape index (κ2) is 45.1. The molecule has 0 aliphatic carbocycles. The molecule has 0 aromatic heterocycles. The summed E-state index contributed by atoms with van der Waals surface area (Å²) in [5, 5.41) is 0. The molecule has 0 aromatic rings. The first kappa shape index (κ1) is 53.4. The summed E-state index contributed by atoms with van der Waals surface area (Å²) in [5.74, 6) is -0.848. The van der Waals surface area contributed by atoms with Crippen LogP contribution in [0.4, 0.5) is 0 Å². The fourth-order valence-electron chi connectivity index (χ4n) is 7.38. The Morgan fingerprint density at radius 2 is 0.491 bits per heavy atom. The Hall–Kier alpha value is -1.59. The van der Waals surface area contributed by atoms with Crippen LogP contribution < -0.4 is 0 Å². The summed E-state index contributed by atoms with van der Waals surface area (Å²) < 4.78 is 16.7. The highest BCUT2D eigenvalue weighted by atomic mass is 16.6. The van der Waals surface area contributed by atoms with Gasteiger partial charge in [0.15, 0.2) is 6.10 Å². The highest BCUT2D eigenvalue weighted by molar-refractivity contribution is 5.71. The maximum atomic E-state index is 12.7. The van der Waals surface area contributed by atoms with Gasteiger partial charge in [-0.1, -0.05) is 239 Å². The lowest BCUT2D eigenvalue weighted by Crippen LogP contribution is -2.30. The van der Waals surface area contributed by atoms with Gasteiger partial charge in [-0.3, -0.25) is 14.4 Å². The summed E-state index contributed by atoms with van der Waals surface area (Å²) in [6, 6.07) is 0. The van der Waals surface area contributed by atoms with Gasteiger partial charge < -0.3 is 14.2 Å². The minimum atomic E-state index is -0.758. The van der Waals surface area contributed by atoms with Gasteiger partial charge in [0.1, 0.15) is 13.2 Å². The highest BCUT2D eigenvalue weighted by Crippen LogP contribution is 2.16. The zero-order valence-corrected chi connectivity index (χ0v) is 37.2. The SMILES string of the molecule is CCCCCCCCCCCCCCCCCCC(=O)O[C@@H](COC(=O)CCCCCCCCCCCC)COC(=O)CCCCCCCCCCCCC. The number of hydrogen-bond acceptors (Lipinski definition) is 6. The standard InChI is InChI=1S/C49H94O6/c1-4-7-10-13-16-19-22-23-24-25-26-28-31-34-37-40-43-49(52)55-46(44-53-47(50)41-38-35-32-29-21-18-15-12-9-6-3)45-54-48(51)42-39-36-33-30-27-20-17-14-11-8-5-2/h46H,4-45H2,1-3H3/t46-/m0/s1. The minimum Gasteiger partial charge on any atom is -0.462 e. The van der Waals surface area contributed by atoms with Gasteiger partial charge in [-0.2, -0.15) is 0 Å². The monoisotopic (exact) mass is 779 g/mol. The van der Waals surface area contributed by atoms with Crippen molar-refractivity contribution in [2.24, 2.45) is 0 Å². The highest BCUT2D eigenvalue weighted by Gasteiger charge is 2.19. The minimum absolute atomic E-state index is 0.0624. The van der Waals surface area contributed by atoms with Crippen LogP contribution in [-0.2, 0) is 28.6 Å². The largest absolute Gasteiger partial charge is 0.462 e. The molecule has 0 aliphatic rings. The molecular weight excluding hydrogens is 685 g/mol. The Kier molecular flexibility index (Phi) is 43.8. The second-order valence-electron chi connectivity index (χ2n) is 16.7. The van der Waals surface area contributed by atoms with E-state index in [1.807, 2.05) is 0 Å². The number of unbranched alkanes of at least 4 members (excludes halogenated alkanes) is 34. The van der Waals surface area contributed by atoms with Crippen LogP contribution >= 0.6 is 0 Å². The quantitative estimate of drug-likeness (QED) is 0.0348. The topological polar surface area (TPSA) is 78.9 Å². The van der Waals surface area contributed by atoms with Crippen molar-refractivity contribution in [3.05, 3.63) is 0 Å². The fraction of sp³-hybridized carbons (Fsp3) is 0.939. The van der Waals surface area contributed by atoms with Crippen molar-refractivity contribution in [2.75, 3.05) is 13.2 Å². The fourth-order valence-corrected chi connectivity index (χ4v) is 7.38. The predicted molar refractivity (Wildman–Crippen MR) is 233 cm³/mol. The molecule has 0 aliphatic heterocycles. The molecule has 0 aromatic carbocycles. The molecule has 0 spiro atoms. The van der Waals surface area contributed by atoms with E-state index >= 15 is 0 Å². The van der Waals surface area contributed by atoms with E-state index in [-0.39, 0.29) is 31.1 Å². The molecule has 0 radical (unpaired) electrons. The first-order valence-electron chi connectivity index (χ1n) is 24.5. The van der Waals surface area contributed by atoms with E-state index in [1.54, 1.807) is 0 Å². The van der Waals surface area contributed by atoms with Crippen molar-refractivity contribution in [1.82, 2.24) is 0 Å². The zero-order valence-electron chi connectivity index (χ0n) is 37.2. The number of ether oxygens (including phenoxy) is 3. The van der Waals surface area contributed by atoms with Crippen molar-refractivity contribution < 1.29 is 28.6 Å². The number of hydrogen-bond donors (Lipinski definition) is 0. The van der Waals surface area contributed by atoms with Crippen LogP contribution in [0.15, 0.2) is 0 Å². The molecular formula is C49H94O6. The Bertz CT molecular complexity index is 813. The van der Waals surface area contributed by atoms with Crippen LogP contribution in [-0.4, -0.2) is 37.2 Å². The number of esters is 3. The van der Waals surface area contributed by atoms with Crippen molar-refractivity contribution in [3.8, 4) is 0 Å². The van der Waals surface area contributed by atoms with E-state index in [0.29, 0.717) is 19.3 Å². The predicted octanol–water partition coefficient (Wildman–Crippen LogP) is 15.6. The van der Waals surface area contributed by atoms with E-state index in [1.165, 1.54) is 180 Å². The van der Waals surface area contributed by atoms with Crippen molar-refractivity contribution >= 4 is 17.9 Å². The molecule has 0 bridgehead atoms. The van der Waals surface area contributed by atoms with E-state index < -0.39 is 6.10 Å². The van der Waals surface area contributed by atoms with Gasteiger partial charge in [-0.05, 0) is 19.3 Å². The Morgan fingerprint density at radius 3 is 0.727 bits per heavy atom. The van der Waals surface area contributed by atoms with Gasteiger partial charge in [-0.25, -0.2) is 0 Å². The van der Waals surface area contributed by atoms with Crippen LogP contribution in [0.25, 0.3) is 0 Å². The van der Waals surface area contributed by atoms with Gasteiger partial charge in [0.2, 0.25) is 0 Å². The smallest absolute Gasteiger partial charge is 0.306 e. The number of carbonyl (C=O) groups is 3. The Labute approximate surface area is 342 Å². The van der Waals surface area contributed by atoms with Crippen LogP contribution in [0.3, 0.4) is 0 Å². The Balaban J connectivity index is 4.28. The van der Waals surface area contributed by atoms with Crippen molar-refractivity contribution in [3.63, 3.8) is 0 Å². The summed E-state index contributed by atoms with van der Waals surface area (Å²) in [4.78, 5) is 37.8. The summed E-state index contributed by atoms with van der Waals surface area (Å²) in [5.41, 5.74) is 0. The zero-order chi connectivity index (χ0) is 40.1. The maximum absolute atomic E-state index is 12.7. The maximum Gasteiger partial charge on any atom is 0.306 e. The lowest BCUT2D eigenvalue weighted by atomic mass is 10.0. The average Bonchev–Trinajstić information content (AvgIpc) is 3.18. The summed E-state index contributed by atoms with van der Waals surface area (Å²) in [6.07, 6.45) is 46.5. The van der Waals surface area contributed by atoms with Gasteiger partial charge in [0, 0.05) is 19.3 Å². The third kappa shape index (κ3) is 43.4. The normalized spacial score (nSPS) is 11.8. The lowest BCUT2D eigenvalue weighted by Gasteiger charge is -2.18. The van der Waals surface area contributed by atoms with Gasteiger partial charge >= 0.3 is 17.9 Å². The molecule has 326 valence electrons. The average molecular weight is 779 g/mol. The molecule has 0 fully saturated rings. The molecule has 0 saturated heterocycles. The van der Waals surface area contributed by atoms with Crippen LogP contribution in [0.1, 0.15) is 278 Å². The molecule has 0 heterocycles. The van der Waals surface area contributed by atoms with Crippen LogP contribution in [0.2, 0.25) is 0 Å². The first-order chi connectivity index (χ1) is 27.0. The van der Waals surface area contributed by atoms with E-state index in [2.05, 4.69) is 20.8 Å². The van der Waals surface area contributed by atoms with Crippen molar-refractivity contribution in [2.45, 2.75) is 284 Å². The molecule has 1 atom stereocenters. The van der Waals surface area contributed by atoms with E-state index in [0.717, 1.165) is 57.8 Å². The van der Waals surface area contributed by atoms with E-state index in [4.69, 9.17) is 14.2 Å². The summed E-state index contributed by atoms with van der Waals surface area (Å²) in [6.45, 7) is 6.65. The molecule has 0 amide bonds.